The Morgan fingerprint density at radius 3 is 2.75 bits per heavy atom. The van der Waals surface area contributed by atoms with Gasteiger partial charge in [0.25, 0.3) is 5.91 Å². The van der Waals surface area contributed by atoms with Crippen molar-refractivity contribution in [2.45, 2.75) is 19.3 Å². The Hall–Kier alpha value is -1.04. The molecule has 2 rings (SSSR count). The van der Waals surface area contributed by atoms with E-state index in [1.165, 1.54) is 4.90 Å². The molecule has 0 aromatic heterocycles. The molecule has 0 aliphatic carbocycles. The number of hydrogen-bond acceptors (Lipinski definition) is 1. The van der Waals surface area contributed by atoms with Gasteiger partial charge >= 0.3 is 0 Å². The van der Waals surface area contributed by atoms with Crippen molar-refractivity contribution in [2.75, 3.05) is 18.4 Å². The van der Waals surface area contributed by atoms with Gasteiger partial charge in [-0.1, -0.05) is 15.9 Å². The normalized spacial score (nSPS) is 19.2. The Labute approximate surface area is 124 Å². The molecule has 110 valence electrons. The van der Waals surface area contributed by atoms with Crippen molar-refractivity contribution in [3.05, 3.63) is 35.1 Å². The summed E-state index contributed by atoms with van der Waals surface area (Å²) in [6.45, 7) is 1.05. The van der Waals surface area contributed by atoms with Gasteiger partial charge in [0, 0.05) is 18.4 Å². The topological polar surface area (TPSA) is 20.3 Å². The summed E-state index contributed by atoms with van der Waals surface area (Å²) in [4.78, 5) is 13.7. The van der Waals surface area contributed by atoms with Crippen LogP contribution in [0.1, 0.15) is 29.6 Å². The fourth-order valence-electron chi connectivity index (χ4n) is 2.50. The van der Waals surface area contributed by atoms with Gasteiger partial charge in [-0.3, -0.25) is 4.79 Å². The van der Waals surface area contributed by atoms with Crippen LogP contribution in [0.4, 0.5) is 13.2 Å². The summed E-state index contributed by atoms with van der Waals surface area (Å²) < 4.78 is 39.7. The average molecular weight is 350 g/mol. The Balaban J connectivity index is 2.17. The number of rotatable bonds is 3. The molecule has 0 bridgehead atoms. The quantitative estimate of drug-likeness (QED) is 0.601. The van der Waals surface area contributed by atoms with Gasteiger partial charge in [-0.05, 0) is 37.3 Å². The van der Waals surface area contributed by atoms with Crippen LogP contribution in [0.5, 0.6) is 0 Å². The van der Waals surface area contributed by atoms with Crippen molar-refractivity contribution in [3.8, 4) is 0 Å². The molecule has 1 aromatic carbocycles. The van der Waals surface area contributed by atoms with E-state index in [9.17, 15) is 18.0 Å². The molecule has 1 heterocycles. The number of nitrogens with zero attached hydrogens (tertiary/aromatic N) is 1. The highest BCUT2D eigenvalue weighted by Gasteiger charge is 2.27. The number of carbonyl (C=O) groups excluding carboxylic acids is 1. The zero-order chi connectivity index (χ0) is 14.7. The summed E-state index contributed by atoms with van der Waals surface area (Å²) in [5.74, 6) is -4.49. The summed E-state index contributed by atoms with van der Waals surface area (Å²) in [5.41, 5.74) is -0.400. The highest BCUT2D eigenvalue weighted by Crippen LogP contribution is 2.23. The third kappa shape index (κ3) is 3.16. The fraction of sp³-hybridized carbons (Fsp3) is 0.500. The minimum atomic E-state index is -1.59. The lowest BCUT2D eigenvalue weighted by atomic mass is 9.95. The van der Waals surface area contributed by atoms with Gasteiger partial charge in [0.15, 0.2) is 17.5 Å². The predicted molar refractivity (Wildman–Crippen MR) is 73.4 cm³/mol. The van der Waals surface area contributed by atoms with Gasteiger partial charge in [-0.25, -0.2) is 13.2 Å². The molecule has 0 spiro atoms. The molecule has 0 saturated carbocycles. The Morgan fingerprint density at radius 2 is 2.05 bits per heavy atom. The van der Waals surface area contributed by atoms with E-state index in [1.54, 1.807) is 0 Å². The number of piperidine rings is 1. The van der Waals surface area contributed by atoms with Crippen LogP contribution in [0, 0.1) is 23.4 Å². The molecular weight excluding hydrogens is 335 g/mol. The maximum Gasteiger partial charge on any atom is 0.256 e. The van der Waals surface area contributed by atoms with E-state index < -0.39 is 28.9 Å². The van der Waals surface area contributed by atoms with Gasteiger partial charge in [-0.15, -0.1) is 0 Å². The molecule has 1 aliphatic rings. The number of hydrogen-bond donors (Lipinski definition) is 0. The molecular formula is C14H15BrF3NO. The second-order valence-electron chi connectivity index (χ2n) is 4.96. The number of benzene rings is 1. The van der Waals surface area contributed by atoms with Crippen LogP contribution >= 0.6 is 15.9 Å². The molecule has 1 saturated heterocycles. The van der Waals surface area contributed by atoms with Gasteiger partial charge in [0.05, 0.1) is 5.56 Å². The maximum atomic E-state index is 13.6. The van der Waals surface area contributed by atoms with Crippen LogP contribution in [-0.4, -0.2) is 29.2 Å². The zero-order valence-corrected chi connectivity index (χ0v) is 12.4. The molecule has 20 heavy (non-hydrogen) atoms. The van der Waals surface area contributed by atoms with E-state index in [0.717, 1.165) is 36.7 Å². The fourth-order valence-corrected chi connectivity index (χ4v) is 3.15. The molecule has 1 atom stereocenters. The number of alkyl halides is 1. The largest absolute Gasteiger partial charge is 0.338 e. The Bertz CT molecular complexity index is 507. The van der Waals surface area contributed by atoms with E-state index >= 15 is 0 Å². The average Bonchev–Trinajstić information content (AvgIpc) is 2.45. The monoisotopic (exact) mass is 349 g/mol. The van der Waals surface area contributed by atoms with Crippen LogP contribution in [0.15, 0.2) is 12.1 Å². The summed E-state index contributed by atoms with van der Waals surface area (Å²) in [6, 6.07) is 1.79. The molecule has 1 aliphatic heterocycles. The van der Waals surface area contributed by atoms with E-state index in [4.69, 9.17) is 0 Å². The molecule has 1 unspecified atom stereocenters. The van der Waals surface area contributed by atoms with Crippen LogP contribution < -0.4 is 0 Å². The van der Waals surface area contributed by atoms with Crippen molar-refractivity contribution in [1.82, 2.24) is 4.90 Å². The number of carbonyl (C=O) groups is 1. The van der Waals surface area contributed by atoms with Gasteiger partial charge < -0.3 is 4.90 Å². The SMILES string of the molecule is O=C(c1ccc(F)c(F)c1F)N1CCCC(CCBr)C1. The molecule has 0 N–H and O–H groups in total. The first-order valence-corrected chi connectivity index (χ1v) is 7.65. The Kier molecular flexibility index (Phi) is 5.07. The highest BCUT2D eigenvalue weighted by atomic mass is 79.9. The van der Waals surface area contributed by atoms with E-state index in [0.29, 0.717) is 19.0 Å². The van der Waals surface area contributed by atoms with Crippen LogP contribution in [0.2, 0.25) is 0 Å². The lowest BCUT2D eigenvalue weighted by Gasteiger charge is -2.32. The minimum Gasteiger partial charge on any atom is -0.338 e. The first-order chi connectivity index (χ1) is 9.54. The lowest BCUT2D eigenvalue weighted by molar-refractivity contribution is 0.0666. The van der Waals surface area contributed by atoms with E-state index in [1.807, 2.05) is 0 Å². The second kappa shape index (κ2) is 6.61. The Morgan fingerprint density at radius 1 is 1.30 bits per heavy atom. The van der Waals surface area contributed by atoms with Crippen LogP contribution in [0.3, 0.4) is 0 Å². The molecule has 0 radical (unpaired) electrons. The zero-order valence-electron chi connectivity index (χ0n) is 10.8. The van der Waals surface area contributed by atoms with E-state index in [2.05, 4.69) is 15.9 Å². The number of likely N-dealkylation sites (tertiary alicyclic amines) is 1. The molecule has 1 aromatic rings. The second-order valence-corrected chi connectivity index (χ2v) is 5.75. The van der Waals surface area contributed by atoms with Crippen molar-refractivity contribution >= 4 is 21.8 Å². The molecule has 6 heteroatoms. The lowest BCUT2D eigenvalue weighted by Crippen LogP contribution is -2.40. The van der Waals surface area contributed by atoms with Gasteiger partial charge in [0.2, 0.25) is 0 Å². The van der Waals surface area contributed by atoms with Crippen LogP contribution in [0.25, 0.3) is 0 Å². The smallest absolute Gasteiger partial charge is 0.256 e. The van der Waals surface area contributed by atoms with E-state index in [-0.39, 0.29) is 0 Å². The molecule has 1 fully saturated rings. The van der Waals surface area contributed by atoms with Gasteiger partial charge in [-0.2, -0.15) is 0 Å². The molecule has 2 nitrogen and oxygen atoms in total. The maximum absolute atomic E-state index is 13.6. The summed E-state index contributed by atoms with van der Waals surface area (Å²) >= 11 is 3.36. The van der Waals surface area contributed by atoms with Crippen molar-refractivity contribution in [2.24, 2.45) is 5.92 Å². The first kappa shape index (κ1) is 15.4. The third-order valence-electron chi connectivity index (χ3n) is 3.59. The van der Waals surface area contributed by atoms with Crippen molar-refractivity contribution < 1.29 is 18.0 Å². The molecule has 1 amide bonds. The minimum absolute atomic E-state index is 0.362. The summed E-state index contributed by atoms with van der Waals surface area (Å²) in [7, 11) is 0. The van der Waals surface area contributed by atoms with Crippen molar-refractivity contribution in [3.63, 3.8) is 0 Å². The summed E-state index contributed by atoms with van der Waals surface area (Å²) in [5, 5.41) is 0.846. The van der Waals surface area contributed by atoms with Gasteiger partial charge in [0.1, 0.15) is 0 Å². The van der Waals surface area contributed by atoms with Crippen molar-refractivity contribution in [1.29, 1.82) is 0 Å². The highest BCUT2D eigenvalue weighted by molar-refractivity contribution is 9.09. The number of amides is 1. The van der Waals surface area contributed by atoms with Crippen LogP contribution in [-0.2, 0) is 0 Å². The third-order valence-corrected chi connectivity index (χ3v) is 4.05. The first-order valence-electron chi connectivity index (χ1n) is 6.53. The predicted octanol–water partition coefficient (Wildman–Crippen LogP) is 3.74. The summed E-state index contributed by atoms with van der Waals surface area (Å²) in [6.07, 6.45) is 2.80. The number of halogens is 4. The standard InChI is InChI=1S/C14H15BrF3NO/c15-6-5-9-2-1-7-19(8-9)14(20)10-3-4-11(16)13(18)12(10)17/h3-4,9H,1-2,5-8H2.